The van der Waals surface area contributed by atoms with Crippen molar-refractivity contribution in [3.05, 3.63) is 83.4 Å². The maximum Gasteiger partial charge on any atom is 0.245 e. The van der Waals surface area contributed by atoms with Crippen molar-refractivity contribution in [1.82, 2.24) is 4.90 Å². The normalized spacial score (nSPS) is 15.7. The van der Waals surface area contributed by atoms with Crippen molar-refractivity contribution in [2.75, 3.05) is 24.7 Å². The zero-order valence-corrected chi connectivity index (χ0v) is 21.0. The Kier molecular flexibility index (Phi) is 7.20. The third-order valence-corrected chi connectivity index (χ3v) is 6.05. The first-order valence-corrected chi connectivity index (χ1v) is 12.0. The summed E-state index contributed by atoms with van der Waals surface area (Å²) in [6.07, 6.45) is 1.34. The first-order chi connectivity index (χ1) is 16.7. The van der Waals surface area contributed by atoms with E-state index < -0.39 is 0 Å². The number of benzene rings is 3. The monoisotopic (exact) mass is 473 g/mol. The number of fused-ring (bicyclic) bond motifs is 1. The van der Waals surface area contributed by atoms with Gasteiger partial charge in [-0.1, -0.05) is 24.3 Å². The SMILES string of the molecule is COc1ccc(CCN2Cc3cc(N)ccc3N[C@@H](Cc3ccc(OC(C)(C)C)cc3)C2=O)cc1. The molecule has 1 heterocycles. The molecule has 1 aliphatic heterocycles. The van der Waals surface area contributed by atoms with Gasteiger partial charge >= 0.3 is 0 Å². The number of hydrogen-bond acceptors (Lipinski definition) is 5. The summed E-state index contributed by atoms with van der Waals surface area (Å²) in [4.78, 5) is 15.6. The summed E-state index contributed by atoms with van der Waals surface area (Å²) in [7, 11) is 1.66. The van der Waals surface area contributed by atoms with Crippen LogP contribution in [0.5, 0.6) is 11.5 Å². The number of methoxy groups -OCH3 is 1. The number of amides is 1. The summed E-state index contributed by atoms with van der Waals surface area (Å²) >= 11 is 0. The van der Waals surface area contributed by atoms with Gasteiger partial charge in [-0.15, -0.1) is 0 Å². The molecule has 1 aliphatic rings. The van der Waals surface area contributed by atoms with Crippen molar-refractivity contribution in [2.45, 2.75) is 51.8 Å². The second-order valence-electron chi connectivity index (χ2n) is 10.0. The van der Waals surface area contributed by atoms with Gasteiger partial charge in [-0.2, -0.15) is 0 Å². The minimum atomic E-state index is -0.370. The number of rotatable bonds is 7. The molecule has 0 fully saturated rings. The number of ether oxygens (including phenoxy) is 2. The molecule has 0 spiro atoms. The molecule has 0 aromatic heterocycles. The van der Waals surface area contributed by atoms with Gasteiger partial charge in [0.05, 0.1) is 7.11 Å². The Labute approximate surface area is 208 Å². The Morgan fingerprint density at radius 1 is 0.971 bits per heavy atom. The average Bonchev–Trinajstić information content (AvgIpc) is 2.94. The van der Waals surface area contributed by atoms with Crippen LogP contribution in [0.4, 0.5) is 11.4 Å². The van der Waals surface area contributed by atoms with E-state index in [0.29, 0.717) is 25.2 Å². The number of nitrogens with two attached hydrogens (primary N) is 1. The van der Waals surface area contributed by atoms with Crippen molar-refractivity contribution < 1.29 is 14.3 Å². The minimum Gasteiger partial charge on any atom is -0.497 e. The van der Waals surface area contributed by atoms with Crippen LogP contribution >= 0.6 is 0 Å². The van der Waals surface area contributed by atoms with Crippen LogP contribution in [0.2, 0.25) is 0 Å². The van der Waals surface area contributed by atoms with E-state index in [1.165, 1.54) is 0 Å². The molecule has 4 rings (SSSR count). The molecule has 184 valence electrons. The zero-order valence-electron chi connectivity index (χ0n) is 21.0. The number of carbonyl (C=O) groups is 1. The highest BCUT2D eigenvalue weighted by Gasteiger charge is 2.29. The molecule has 3 aromatic rings. The first kappa shape index (κ1) is 24.5. The van der Waals surface area contributed by atoms with Gasteiger partial charge in [-0.25, -0.2) is 0 Å². The predicted octanol–water partition coefficient (Wildman–Crippen LogP) is 5.06. The standard InChI is InChI=1S/C29H35N3O3/c1-29(2,3)35-25-12-7-21(8-13-25)17-27-28(33)32(16-15-20-5-10-24(34-4)11-6-20)19-22-18-23(30)9-14-26(22)31-27/h5-14,18,27,31H,15-17,19,30H2,1-4H3/t27-/m0/s1. The lowest BCUT2D eigenvalue weighted by Gasteiger charge is -2.25. The third-order valence-electron chi connectivity index (χ3n) is 6.05. The molecule has 35 heavy (non-hydrogen) atoms. The Morgan fingerprint density at radius 2 is 1.63 bits per heavy atom. The van der Waals surface area contributed by atoms with Gasteiger partial charge in [0.15, 0.2) is 0 Å². The number of hydrogen-bond donors (Lipinski definition) is 2. The van der Waals surface area contributed by atoms with Gasteiger partial charge in [0, 0.05) is 30.9 Å². The van der Waals surface area contributed by atoms with E-state index in [0.717, 1.165) is 40.3 Å². The number of nitrogens with zero attached hydrogens (tertiary/aromatic N) is 1. The number of nitrogen functional groups attached to an aromatic ring is 1. The molecule has 0 saturated carbocycles. The van der Waals surface area contributed by atoms with Gasteiger partial charge in [0.2, 0.25) is 5.91 Å². The lowest BCUT2D eigenvalue weighted by atomic mass is 10.0. The van der Waals surface area contributed by atoms with Crippen molar-refractivity contribution in [3.63, 3.8) is 0 Å². The Balaban J connectivity index is 1.52. The number of carbonyl (C=O) groups excluding carboxylic acids is 1. The molecule has 0 aliphatic carbocycles. The van der Waals surface area contributed by atoms with E-state index in [-0.39, 0.29) is 17.6 Å². The largest absolute Gasteiger partial charge is 0.497 e. The molecular formula is C29H35N3O3. The van der Waals surface area contributed by atoms with Crippen LogP contribution in [0, 0.1) is 0 Å². The molecule has 3 aromatic carbocycles. The van der Waals surface area contributed by atoms with E-state index in [2.05, 4.69) is 5.32 Å². The Morgan fingerprint density at radius 3 is 2.29 bits per heavy atom. The molecule has 1 atom stereocenters. The van der Waals surface area contributed by atoms with Crippen LogP contribution in [-0.2, 0) is 24.2 Å². The van der Waals surface area contributed by atoms with Crippen molar-refractivity contribution in [2.24, 2.45) is 0 Å². The molecule has 6 heteroatoms. The molecular weight excluding hydrogens is 438 g/mol. The highest BCUT2D eigenvalue weighted by molar-refractivity contribution is 5.87. The van der Waals surface area contributed by atoms with Crippen LogP contribution in [0.3, 0.4) is 0 Å². The topological polar surface area (TPSA) is 76.8 Å². The lowest BCUT2D eigenvalue weighted by Crippen LogP contribution is -2.42. The highest BCUT2D eigenvalue weighted by Crippen LogP contribution is 2.27. The van der Waals surface area contributed by atoms with Gasteiger partial charge in [0.25, 0.3) is 0 Å². The fraction of sp³-hybridized carbons (Fsp3) is 0.345. The van der Waals surface area contributed by atoms with Crippen LogP contribution in [-0.4, -0.2) is 36.1 Å². The maximum atomic E-state index is 13.7. The van der Waals surface area contributed by atoms with Crippen molar-refractivity contribution in [3.8, 4) is 11.5 Å². The second kappa shape index (κ2) is 10.3. The summed E-state index contributed by atoms with van der Waals surface area (Å²) in [5, 5.41) is 3.49. The van der Waals surface area contributed by atoms with Crippen molar-refractivity contribution in [1.29, 1.82) is 0 Å². The van der Waals surface area contributed by atoms with Crippen LogP contribution < -0.4 is 20.5 Å². The van der Waals surface area contributed by atoms with Gasteiger partial charge in [-0.05, 0) is 86.3 Å². The fourth-order valence-corrected chi connectivity index (χ4v) is 4.31. The zero-order chi connectivity index (χ0) is 25.0. The number of anilines is 2. The molecule has 0 bridgehead atoms. The molecule has 1 amide bonds. The maximum absolute atomic E-state index is 13.7. The summed E-state index contributed by atoms with van der Waals surface area (Å²) in [5.74, 6) is 1.74. The third kappa shape index (κ3) is 6.47. The predicted molar refractivity (Wildman–Crippen MR) is 141 cm³/mol. The second-order valence-corrected chi connectivity index (χ2v) is 10.0. The summed E-state index contributed by atoms with van der Waals surface area (Å²) < 4.78 is 11.2. The fourth-order valence-electron chi connectivity index (χ4n) is 4.31. The lowest BCUT2D eigenvalue weighted by molar-refractivity contribution is -0.132. The molecule has 0 saturated heterocycles. The number of nitrogens with one attached hydrogen (secondary N) is 1. The minimum absolute atomic E-state index is 0.0864. The molecule has 0 unspecified atom stereocenters. The summed E-state index contributed by atoms with van der Waals surface area (Å²) in [6.45, 7) is 7.23. The smallest absolute Gasteiger partial charge is 0.245 e. The van der Waals surface area contributed by atoms with Gasteiger partial charge in [-0.3, -0.25) is 4.79 Å². The quantitative estimate of drug-likeness (QED) is 0.469. The Bertz CT molecular complexity index is 1150. The van der Waals surface area contributed by atoms with Gasteiger partial charge in [0.1, 0.15) is 23.1 Å². The molecule has 6 nitrogen and oxygen atoms in total. The summed E-state index contributed by atoms with van der Waals surface area (Å²) in [5.41, 5.74) is 10.7. The van der Waals surface area contributed by atoms with Crippen molar-refractivity contribution >= 4 is 17.3 Å². The molecule has 3 N–H and O–H groups in total. The average molecular weight is 474 g/mol. The van der Waals surface area contributed by atoms with Gasteiger partial charge < -0.3 is 25.4 Å². The Hall–Kier alpha value is -3.67. The van der Waals surface area contributed by atoms with E-state index in [9.17, 15) is 4.79 Å². The van der Waals surface area contributed by atoms with Crippen LogP contribution in [0.25, 0.3) is 0 Å². The summed E-state index contributed by atoms with van der Waals surface area (Å²) in [6, 6.07) is 21.4. The molecule has 0 radical (unpaired) electrons. The van der Waals surface area contributed by atoms with E-state index in [4.69, 9.17) is 15.2 Å². The van der Waals surface area contributed by atoms with Crippen LogP contribution in [0.1, 0.15) is 37.5 Å². The van der Waals surface area contributed by atoms with Crippen LogP contribution in [0.15, 0.2) is 66.7 Å². The highest BCUT2D eigenvalue weighted by atomic mass is 16.5. The van der Waals surface area contributed by atoms with E-state index in [1.54, 1.807) is 7.11 Å². The first-order valence-electron chi connectivity index (χ1n) is 12.0. The van der Waals surface area contributed by atoms with E-state index in [1.807, 2.05) is 92.4 Å². The van der Waals surface area contributed by atoms with E-state index >= 15 is 0 Å².